The largest absolute Gasteiger partial charge is 0.465 e. The first-order chi connectivity index (χ1) is 6.44. The molecule has 1 atom stereocenters. The fourth-order valence-corrected chi connectivity index (χ4v) is 2.23. The van der Waals surface area contributed by atoms with Crippen molar-refractivity contribution in [1.29, 1.82) is 0 Å². The molecule has 0 heterocycles. The predicted octanol–water partition coefficient (Wildman–Crippen LogP) is 3.29. The zero-order chi connectivity index (χ0) is 10.8. The number of hydrogen-bond acceptors (Lipinski definition) is 2. The minimum Gasteiger partial charge on any atom is -0.465 e. The monoisotopic (exact) mass is 302 g/mol. The molecule has 0 aliphatic heterocycles. The van der Waals surface area contributed by atoms with Crippen LogP contribution in [0.4, 0.5) is 0 Å². The Bertz CT molecular complexity index is 233. The third-order valence-corrected chi connectivity index (χ3v) is 4.13. The number of halogens is 3. The number of ether oxygens (including phenoxy) is 1. The van der Waals surface area contributed by atoms with Crippen LogP contribution in [0.5, 0.6) is 0 Å². The lowest BCUT2D eigenvalue weighted by molar-refractivity contribution is -0.149. The molecule has 1 saturated carbocycles. The quantitative estimate of drug-likeness (QED) is 0.442. The maximum absolute atomic E-state index is 11.5. The van der Waals surface area contributed by atoms with Crippen LogP contribution < -0.4 is 0 Å². The van der Waals surface area contributed by atoms with Gasteiger partial charge in [-0.05, 0) is 19.8 Å². The van der Waals surface area contributed by atoms with E-state index in [1.54, 1.807) is 6.92 Å². The molecule has 82 valence electrons. The van der Waals surface area contributed by atoms with Gasteiger partial charge in [0, 0.05) is 11.8 Å². The molecule has 0 unspecified atom stereocenters. The molecule has 14 heavy (non-hydrogen) atoms. The second-order valence-corrected chi connectivity index (χ2v) is 6.02. The topological polar surface area (TPSA) is 26.3 Å². The van der Waals surface area contributed by atoms with Gasteiger partial charge in [-0.2, -0.15) is 0 Å². The molecule has 0 aromatic rings. The molecule has 5 heteroatoms. The van der Waals surface area contributed by atoms with Gasteiger partial charge >= 0.3 is 5.97 Å². The maximum Gasteiger partial charge on any atom is 0.314 e. The highest BCUT2D eigenvalue weighted by molar-refractivity contribution is 9.09. The Morgan fingerprint density at radius 3 is 2.50 bits per heavy atom. The van der Waals surface area contributed by atoms with Crippen LogP contribution in [-0.2, 0) is 9.53 Å². The predicted molar refractivity (Wildman–Crippen MR) is 61.1 cm³/mol. The van der Waals surface area contributed by atoms with E-state index in [1.807, 2.05) is 0 Å². The lowest BCUT2D eigenvalue weighted by Gasteiger charge is -2.11. The Morgan fingerprint density at radius 1 is 1.50 bits per heavy atom. The van der Waals surface area contributed by atoms with Crippen molar-refractivity contribution in [3.63, 3.8) is 0 Å². The first-order valence-electron chi connectivity index (χ1n) is 4.55. The first-order valence-corrected chi connectivity index (χ1v) is 6.43. The number of carbonyl (C=O) groups excluding carboxylic acids is 1. The fourth-order valence-electron chi connectivity index (χ4n) is 1.14. The minimum atomic E-state index is -0.917. The third kappa shape index (κ3) is 2.56. The summed E-state index contributed by atoms with van der Waals surface area (Å²) in [6.45, 7) is 2.18. The second-order valence-electron chi connectivity index (χ2n) is 3.75. The normalized spacial score (nSPS) is 28.6. The molecule has 0 bridgehead atoms. The number of unbranched alkanes of at least 4 members (excludes halogenated alkanes) is 1. The zero-order valence-electron chi connectivity index (χ0n) is 7.99. The molecule has 2 nitrogen and oxygen atoms in total. The highest BCUT2D eigenvalue weighted by Gasteiger charge is 2.69. The van der Waals surface area contributed by atoms with E-state index in [9.17, 15) is 4.79 Å². The Hall–Kier alpha value is 0.530. The standard InChI is InChI=1S/C9H13BrCl2O2/c1-8(6-9(8,11)12)7(13)14-5-3-2-4-10/h2-6H2,1H3/t8-/m0/s1. The van der Waals surface area contributed by atoms with E-state index in [0.717, 1.165) is 18.2 Å². The van der Waals surface area contributed by atoms with Crippen molar-refractivity contribution in [1.82, 2.24) is 0 Å². The smallest absolute Gasteiger partial charge is 0.314 e. The molecule has 0 amide bonds. The fraction of sp³-hybridized carbons (Fsp3) is 0.889. The Morgan fingerprint density at radius 2 is 2.07 bits per heavy atom. The van der Waals surface area contributed by atoms with E-state index in [2.05, 4.69) is 15.9 Å². The number of rotatable bonds is 5. The van der Waals surface area contributed by atoms with Crippen LogP contribution in [0, 0.1) is 5.41 Å². The summed E-state index contributed by atoms with van der Waals surface area (Å²) < 4.78 is 4.16. The average Bonchev–Trinajstić information content (AvgIpc) is 2.61. The van der Waals surface area contributed by atoms with Gasteiger partial charge in [0.1, 0.15) is 9.75 Å². The number of hydrogen-bond donors (Lipinski definition) is 0. The van der Waals surface area contributed by atoms with Crippen molar-refractivity contribution in [3.8, 4) is 0 Å². The zero-order valence-corrected chi connectivity index (χ0v) is 11.1. The van der Waals surface area contributed by atoms with Crippen LogP contribution in [-0.4, -0.2) is 22.2 Å². The Labute approximate surface area is 102 Å². The Balaban J connectivity index is 2.24. The third-order valence-electron chi connectivity index (χ3n) is 2.47. The molecule has 0 spiro atoms. The van der Waals surface area contributed by atoms with Gasteiger partial charge in [0.15, 0.2) is 0 Å². The molecule has 1 aliphatic carbocycles. The summed E-state index contributed by atoms with van der Waals surface area (Å²) in [6, 6.07) is 0. The minimum absolute atomic E-state index is 0.280. The molecule has 0 aromatic carbocycles. The van der Waals surface area contributed by atoms with Gasteiger partial charge < -0.3 is 4.74 Å². The number of esters is 1. The highest BCUT2D eigenvalue weighted by atomic mass is 79.9. The van der Waals surface area contributed by atoms with E-state index < -0.39 is 9.75 Å². The summed E-state index contributed by atoms with van der Waals surface area (Å²) in [5, 5.41) is 0.927. The van der Waals surface area contributed by atoms with Crippen molar-refractivity contribution in [2.24, 2.45) is 5.41 Å². The molecule has 0 aromatic heterocycles. The van der Waals surface area contributed by atoms with Gasteiger partial charge in [-0.3, -0.25) is 4.79 Å². The highest BCUT2D eigenvalue weighted by Crippen LogP contribution is 2.64. The summed E-state index contributed by atoms with van der Waals surface area (Å²) in [6.07, 6.45) is 2.35. The Kier molecular flexibility index (Phi) is 4.12. The molecular formula is C9H13BrCl2O2. The average molecular weight is 304 g/mol. The van der Waals surface area contributed by atoms with Crippen LogP contribution in [0.3, 0.4) is 0 Å². The SMILES string of the molecule is C[C@@]1(C(=O)OCCCCBr)CC1(Cl)Cl. The lowest BCUT2D eigenvalue weighted by Crippen LogP contribution is -2.21. The molecule has 0 saturated heterocycles. The van der Waals surface area contributed by atoms with Gasteiger partial charge in [-0.15, -0.1) is 23.2 Å². The van der Waals surface area contributed by atoms with Gasteiger partial charge in [0.25, 0.3) is 0 Å². The summed E-state index contributed by atoms with van der Waals surface area (Å²) in [7, 11) is 0. The van der Waals surface area contributed by atoms with Crippen LogP contribution in [0.15, 0.2) is 0 Å². The van der Waals surface area contributed by atoms with Gasteiger partial charge in [0.05, 0.1) is 6.61 Å². The molecule has 0 radical (unpaired) electrons. The molecule has 1 fully saturated rings. The van der Waals surface area contributed by atoms with E-state index in [-0.39, 0.29) is 5.97 Å². The van der Waals surface area contributed by atoms with Crippen LogP contribution in [0.1, 0.15) is 26.2 Å². The van der Waals surface area contributed by atoms with Gasteiger partial charge in [-0.25, -0.2) is 0 Å². The summed E-state index contributed by atoms with van der Waals surface area (Å²) in [5.74, 6) is -0.280. The second kappa shape index (κ2) is 4.58. The van der Waals surface area contributed by atoms with E-state index in [1.165, 1.54) is 0 Å². The molecule has 1 aliphatic rings. The van der Waals surface area contributed by atoms with Gasteiger partial charge in [0.2, 0.25) is 0 Å². The first kappa shape index (κ1) is 12.6. The van der Waals surface area contributed by atoms with Crippen LogP contribution >= 0.6 is 39.1 Å². The summed E-state index contributed by atoms with van der Waals surface area (Å²) in [5.41, 5.74) is -0.690. The molecule has 1 rings (SSSR count). The van der Waals surface area contributed by atoms with Crippen LogP contribution in [0.2, 0.25) is 0 Å². The van der Waals surface area contributed by atoms with Crippen molar-refractivity contribution >= 4 is 45.1 Å². The van der Waals surface area contributed by atoms with E-state index in [4.69, 9.17) is 27.9 Å². The van der Waals surface area contributed by atoms with Crippen molar-refractivity contribution in [2.45, 2.75) is 30.5 Å². The van der Waals surface area contributed by atoms with Crippen molar-refractivity contribution in [2.75, 3.05) is 11.9 Å². The number of alkyl halides is 3. The van der Waals surface area contributed by atoms with Crippen molar-refractivity contribution in [3.05, 3.63) is 0 Å². The van der Waals surface area contributed by atoms with E-state index in [0.29, 0.717) is 13.0 Å². The maximum atomic E-state index is 11.5. The van der Waals surface area contributed by atoms with E-state index >= 15 is 0 Å². The lowest BCUT2D eigenvalue weighted by atomic mass is 10.1. The summed E-state index contributed by atoms with van der Waals surface area (Å²) >= 11 is 15.0. The van der Waals surface area contributed by atoms with Crippen LogP contribution in [0.25, 0.3) is 0 Å². The molecular weight excluding hydrogens is 291 g/mol. The van der Waals surface area contributed by atoms with Crippen molar-refractivity contribution < 1.29 is 9.53 Å². The molecule has 0 N–H and O–H groups in total. The number of carbonyl (C=O) groups is 1. The summed E-state index contributed by atoms with van der Waals surface area (Å²) in [4.78, 5) is 11.5. The van der Waals surface area contributed by atoms with Gasteiger partial charge in [-0.1, -0.05) is 15.9 Å².